The molecule has 1 aromatic heterocycles. The molecule has 0 N–H and O–H groups in total. The molecule has 0 aliphatic carbocycles. The molecule has 2 aromatic rings. The number of halogens is 1. The van der Waals surface area contributed by atoms with Crippen LogP contribution < -0.4 is 9.47 Å². The van der Waals surface area contributed by atoms with Crippen LogP contribution in [-0.2, 0) is 10.0 Å². The molecule has 0 amide bonds. The van der Waals surface area contributed by atoms with Gasteiger partial charge in [-0.1, -0.05) is 0 Å². The summed E-state index contributed by atoms with van der Waals surface area (Å²) in [6, 6.07) is 8.06. The summed E-state index contributed by atoms with van der Waals surface area (Å²) in [6.07, 6.45) is 1.05. The Bertz CT molecular complexity index is 812. The number of hydrogen-bond acceptors (Lipinski definition) is 6. The van der Waals surface area contributed by atoms with Gasteiger partial charge in [0, 0.05) is 18.7 Å². The van der Waals surface area contributed by atoms with Crippen LogP contribution in [0, 0.1) is 5.82 Å². The largest absolute Gasteiger partial charge is 0.480 e. The minimum absolute atomic E-state index is 0.0683. The number of benzene rings is 1. The first kappa shape index (κ1) is 17.6. The van der Waals surface area contributed by atoms with Crippen molar-refractivity contribution in [1.82, 2.24) is 14.5 Å². The van der Waals surface area contributed by atoms with Gasteiger partial charge in [0.05, 0.1) is 18.6 Å². The molecule has 134 valence electrons. The number of methoxy groups -OCH3 is 1. The number of sulfonamides is 1. The zero-order chi connectivity index (χ0) is 17.9. The number of rotatable bonds is 5. The fraction of sp³-hybridized carbons (Fsp3) is 0.375. The van der Waals surface area contributed by atoms with Crippen molar-refractivity contribution in [2.45, 2.75) is 23.8 Å². The average Bonchev–Trinajstić information content (AvgIpc) is 2.63. The summed E-state index contributed by atoms with van der Waals surface area (Å²) >= 11 is 0. The third-order valence-electron chi connectivity index (χ3n) is 3.90. The molecule has 0 radical (unpaired) electrons. The van der Waals surface area contributed by atoms with E-state index in [1.54, 1.807) is 12.1 Å². The third-order valence-corrected chi connectivity index (χ3v) is 5.78. The third kappa shape index (κ3) is 4.05. The Morgan fingerprint density at radius 2 is 1.80 bits per heavy atom. The Morgan fingerprint density at radius 3 is 2.44 bits per heavy atom. The molecule has 1 aliphatic rings. The van der Waals surface area contributed by atoms with E-state index in [1.165, 1.54) is 23.5 Å². The topological polar surface area (TPSA) is 81.6 Å². The Morgan fingerprint density at radius 1 is 1.12 bits per heavy atom. The monoisotopic (exact) mass is 367 g/mol. The number of hydrogen-bond donors (Lipinski definition) is 0. The highest BCUT2D eigenvalue weighted by Crippen LogP contribution is 2.23. The van der Waals surface area contributed by atoms with Crippen LogP contribution in [0.3, 0.4) is 0 Å². The molecular formula is C16H18FN3O4S. The fourth-order valence-electron chi connectivity index (χ4n) is 2.63. The molecule has 1 fully saturated rings. The van der Waals surface area contributed by atoms with Crippen LogP contribution >= 0.6 is 0 Å². The van der Waals surface area contributed by atoms with Gasteiger partial charge in [-0.25, -0.2) is 12.8 Å². The second kappa shape index (κ2) is 7.32. The first-order valence-electron chi connectivity index (χ1n) is 7.79. The van der Waals surface area contributed by atoms with Crippen molar-refractivity contribution in [3.05, 3.63) is 42.2 Å². The van der Waals surface area contributed by atoms with Crippen LogP contribution in [0.4, 0.5) is 4.39 Å². The van der Waals surface area contributed by atoms with Gasteiger partial charge in [-0.3, -0.25) is 0 Å². The van der Waals surface area contributed by atoms with Gasteiger partial charge in [0.15, 0.2) is 0 Å². The first-order valence-corrected chi connectivity index (χ1v) is 9.23. The van der Waals surface area contributed by atoms with Crippen molar-refractivity contribution in [2.24, 2.45) is 0 Å². The second-order valence-electron chi connectivity index (χ2n) is 5.61. The molecule has 0 saturated carbocycles. The van der Waals surface area contributed by atoms with Gasteiger partial charge in [-0.15, -0.1) is 10.2 Å². The van der Waals surface area contributed by atoms with E-state index in [9.17, 15) is 12.8 Å². The SMILES string of the molecule is COc1ccc(OC2CCCN(S(=O)(=O)c3ccc(F)cc3)C2)nn1. The van der Waals surface area contributed by atoms with E-state index in [-0.39, 0.29) is 17.5 Å². The standard InChI is InChI=1S/C16H18FN3O4S/c1-23-15-8-9-16(19-18-15)24-13-3-2-10-20(11-13)25(21,22)14-6-4-12(17)5-7-14/h4-9,13H,2-3,10-11H2,1H3. The van der Waals surface area contributed by atoms with Crippen molar-refractivity contribution in [3.63, 3.8) is 0 Å². The number of nitrogens with zero attached hydrogens (tertiary/aromatic N) is 3. The minimum Gasteiger partial charge on any atom is -0.480 e. The average molecular weight is 367 g/mol. The molecule has 1 unspecified atom stereocenters. The Labute approximate surface area is 145 Å². The molecule has 25 heavy (non-hydrogen) atoms. The maximum atomic E-state index is 13.0. The molecule has 1 atom stereocenters. The van der Waals surface area contributed by atoms with E-state index < -0.39 is 15.8 Å². The second-order valence-corrected chi connectivity index (χ2v) is 7.55. The summed E-state index contributed by atoms with van der Waals surface area (Å²) in [7, 11) is -2.19. The van der Waals surface area contributed by atoms with E-state index in [0.717, 1.165) is 12.1 Å². The fourth-order valence-corrected chi connectivity index (χ4v) is 4.14. The summed E-state index contributed by atoms with van der Waals surface area (Å²) in [5.74, 6) is 0.209. The van der Waals surface area contributed by atoms with Gasteiger partial charge in [-0.2, -0.15) is 4.31 Å². The zero-order valence-electron chi connectivity index (χ0n) is 13.6. The van der Waals surface area contributed by atoms with E-state index >= 15 is 0 Å². The van der Waals surface area contributed by atoms with Gasteiger partial charge in [0.1, 0.15) is 11.9 Å². The van der Waals surface area contributed by atoms with Crippen LogP contribution in [0.1, 0.15) is 12.8 Å². The van der Waals surface area contributed by atoms with E-state index in [4.69, 9.17) is 9.47 Å². The predicted molar refractivity (Wildman–Crippen MR) is 87.4 cm³/mol. The molecule has 0 bridgehead atoms. The van der Waals surface area contributed by atoms with Crippen LogP contribution in [0.15, 0.2) is 41.3 Å². The molecule has 1 saturated heterocycles. The predicted octanol–water partition coefficient (Wildman–Crippen LogP) is 1.86. The van der Waals surface area contributed by atoms with Crippen molar-refractivity contribution in [3.8, 4) is 11.8 Å². The summed E-state index contributed by atoms with van der Waals surface area (Å²) < 4.78 is 50.4. The maximum Gasteiger partial charge on any atom is 0.243 e. The lowest BCUT2D eigenvalue weighted by Crippen LogP contribution is -2.44. The van der Waals surface area contributed by atoms with E-state index in [0.29, 0.717) is 31.1 Å². The summed E-state index contributed by atoms with van der Waals surface area (Å²) in [5, 5.41) is 7.71. The minimum atomic E-state index is -3.68. The van der Waals surface area contributed by atoms with Crippen molar-refractivity contribution in [2.75, 3.05) is 20.2 Å². The van der Waals surface area contributed by atoms with Crippen molar-refractivity contribution >= 4 is 10.0 Å². The smallest absolute Gasteiger partial charge is 0.243 e. The van der Waals surface area contributed by atoms with E-state index in [2.05, 4.69) is 10.2 Å². The zero-order valence-corrected chi connectivity index (χ0v) is 14.4. The molecule has 0 spiro atoms. The van der Waals surface area contributed by atoms with Gasteiger partial charge in [0.25, 0.3) is 0 Å². The van der Waals surface area contributed by atoms with Crippen molar-refractivity contribution < 1.29 is 22.3 Å². The summed E-state index contributed by atoms with van der Waals surface area (Å²) in [4.78, 5) is 0.0683. The molecule has 3 rings (SSSR count). The van der Waals surface area contributed by atoms with Crippen LogP contribution in [0.25, 0.3) is 0 Å². The normalized spacial score (nSPS) is 18.7. The highest BCUT2D eigenvalue weighted by atomic mass is 32.2. The van der Waals surface area contributed by atoms with E-state index in [1.807, 2.05) is 0 Å². The molecular weight excluding hydrogens is 349 g/mol. The van der Waals surface area contributed by atoms with Gasteiger partial charge in [0.2, 0.25) is 21.8 Å². The van der Waals surface area contributed by atoms with Crippen LogP contribution in [-0.4, -0.2) is 49.2 Å². The first-order chi connectivity index (χ1) is 12.0. The van der Waals surface area contributed by atoms with Crippen LogP contribution in [0.2, 0.25) is 0 Å². The van der Waals surface area contributed by atoms with Gasteiger partial charge in [-0.05, 0) is 37.1 Å². The van der Waals surface area contributed by atoms with Gasteiger partial charge < -0.3 is 9.47 Å². The van der Waals surface area contributed by atoms with Crippen LogP contribution in [0.5, 0.6) is 11.8 Å². The highest BCUT2D eigenvalue weighted by Gasteiger charge is 2.31. The molecule has 1 aromatic carbocycles. The Kier molecular flexibility index (Phi) is 5.14. The lowest BCUT2D eigenvalue weighted by Gasteiger charge is -2.31. The lowest BCUT2D eigenvalue weighted by atomic mass is 10.1. The summed E-state index contributed by atoms with van der Waals surface area (Å²) in [6.45, 7) is 0.598. The highest BCUT2D eigenvalue weighted by molar-refractivity contribution is 7.89. The number of aromatic nitrogens is 2. The lowest BCUT2D eigenvalue weighted by molar-refractivity contribution is 0.123. The molecule has 2 heterocycles. The quantitative estimate of drug-likeness (QED) is 0.802. The summed E-state index contributed by atoms with van der Waals surface area (Å²) in [5.41, 5.74) is 0. The van der Waals surface area contributed by atoms with Crippen molar-refractivity contribution in [1.29, 1.82) is 0 Å². The molecule has 1 aliphatic heterocycles. The van der Waals surface area contributed by atoms with Gasteiger partial charge >= 0.3 is 0 Å². The Hall–Kier alpha value is -2.26. The number of piperidine rings is 1. The molecule has 7 nitrogen and oxygen atoms in total. The Balaban J connectivity index is 1.70. The number of ether oxygens (including phenoxy) is 2. The molecule has 9 heteroatoms. The maximum absolute atomic E-state index is 13.0.